The Morgan fingerprint density at radius 1 is 1.50 bits per heavy atom. The van der Waals surface area contributed by atoms with Crippen molar-refractivity contribution >= 4 is 29.9 Å². The first-order chi connectivity index (χ1) is 9.08. The Bertz CT molecular complexity index is 440. The Balaban J connectivity index is 0.00000361. The van der Waals surface area contributed by atoms with Crippen LogP contribution in [0.4, 0.5) is 0 Å². The Morgan fingerprint density at radius 3 is 2.70 bits per heavy atom. The lowest BCUT2D eigenvalue weighted by Crippen LogP contribution is -2.42. The monoisotopic (exact) mass is 392 g/mol. The molecule has 1 aromatic rings. The number of aliphatic imine (C=N–C) groups is 1. The minimum Gasteiger partial charge on any atom is -0.354 e. The second-order valence-corrected chi connectivity index (χ2v) is 4.51. The lowest BCUT2D eigenvalue weighted by atomic mass is 10.3. The second-order valence-electron chi connectivity index (χ2n) is 4.51. The van der Waals surface area contributed by atoms with Crippen LogP contribution in [0.2, 0.25) is 0 Å². The largest absolute Gasteiger partial charge is 0.354 e. The van der Waals surface area contributed by atoms with Crippen LogP contribution in [-0.2, 0) is 13.6 Å². The van der Waals surface area contributed by atoms with Crippen molar-refractivity contribution in [2.45, 2.75) is 39.8 Å². The van der Waals surface area contributed by atoms with Crippen molar-refractivity contribution < 1.29 is 0 Å². The third-order valence-corrected chi connectivity index (χ3v) is 2.97. The molecule has 1 atom stereocenters. The molecular weight excluding hydrogens is 367 g/mol. The Hall–Kier alpha value is -1.12. The predicted molar refractivity (Wildman–Crippen MR) is 93.4 cm³/mol. The highest BCUT2D eigenvalue weighted by Crippen LogP contribution is 1.99. The Labute approximate surface area is 138 Å². The van der Waals surface area contributed by atoms with Gasteiger partial charge in [0.1, 0.15) is 12.4 Å². The van der Waals surface area contributed by atoms with Crippen LogP contribution in [0.15, 0.2) is 17.6 Å². The van der Waals surface area contributed by atoms with Gasteiger partial charge in [0.2, 0.25) is 0 Å². The van der Waals surface area contributed by atoms with Gasteiger partial charge < -0.3 is 15.2 Å². The maximum absolute atomic E-state index is 4.52. The zero-order valence-electron chi connectivity index (χ0n) is 12.7. The molecule has 1 unspecified atom stereocenters. The number of guanidine groups is 1. The summed E-state index contributed by atoms with van der Waals surface area (Å²) in [5.41, 5.74) is 0. The molecule has 0 saturated carbocycles. The first kappa shape index (κ1) is 18.9. The summed E-state index contributed by atoms with van der Waals surface area (Å²) in [7, 11) is 1.94. The SMILES string of the molecule is C=CCNC(=NCc1nnc(C)n1C)NC(C)CC.I. The number of hydrogen-bond acceptors (Lipinski definition) is 3. The van der Waals surface area contributed by atoms with Gasteiger partial charge in [-0.15, -0.1) is 40.8 Å². The molecule has 2 N–H and O–H groups in total. The van der Waals surface area contributed by atoms with E-state index < -0.39 is 0 Å². The third-order valence-electron chi connectivity index (χ3n) is 2.97. The lowest BCUT2D eigenvalue weighted by molar-refractivity contribution is 0.624. The molecule has 20 heavy (non-hydrogen) atoms. The van der Waals surface area contributed by atoms with Crippen molar-refractivity contribution in [2.75, 3.05) is 6.54 Å². The van der Waals surface area contributed by atoms with Crippen LogP contribution in [0.5, 0.6) is 0 Å². The van der Waals surface area contributed by atoms with Gasteiger partial charge in [0.25, 0.3) is 0 Å². The van der Waals surface area contributed by atoms with Gasteiger partial charge >= 0.3 is 0 Å². The van der Waals surface area contributed by atoms with Crippen LogP contribution in [0, 0.1) is 6.92 Å². The number of aryl methyl sites for hydroxylation is 1. The standard InChI is InChI=1S/C13H24N6.HI/c1-6-8-14-13(16-10(3)7-2)15-9-12-18-17-11(4)19(12)5;/h6,10H,1,7-9H2,2-5H3,(H2,14,15,16);1H. The van der Waals surface area contributed by atoms with E-state index in [-0.39, 0.29) is 24.0 Å². The summed E-state index contributed by atoms with van der Waals surface area (Å²) in [5, 5.41) is 14.6. The molecule has 7 heteroatoms. The van der Waals surface area contributed by atoms with Crippen LogP contribution >= 0.6 is 24.0 Å². The summed E-state index contributed by atoms with van der Waals surface area (Å²) in [6, 6.07) is 0.372. The van der Waals surface area contributed by atoms with Gasteiger partial charge in [-0.1, -0.05) is 13.0 Å². The Morgan fingerprint density at radius 2 is 2.20 bits per heavy atom. The highest BCUT2D eigenvalue weighted by molar-refractivity contribution is 14.0. The molecule has 0 aliphatic rings. The van der Waals surface area contributed by atoms with E-state index in [1.807, 2.05) is 18.5 Å². The zero-order chi connectivity index (χ0) is 14.3. The maximum atomic E-state index is 4.52. The topological polar surface area (TPSA) is 67.1 Å². The fourth-order valence-corrected chi connectivity index (χ4v) is 1.40. The van der Waals surface area contributed by atoms with Crippen LogP contribution in [0.1, 0.15) is 31.9 Å². The summed E-state index contributed by atoms with van der Waals surface area (Å²) >= 11 is 0. The van der Waals surface area contributed by atoms with Crippen LogP contribution in [-0.4, -0.2) is 33.3 Å². The van der Waals surface area contributed by atoms with E-state index in [0.29, 0.717) is 19.1 Å². The molecule has 0 radical (unpaired) electrons. The number of rotatable bonds is 6. The van der Waals surface area contributed by atoms with Gasteiger partial charge in [0, 0.05) is 19.6 Å². The molecule has 0 fully saturated rings. The summed E-state index contributed by atoms with van der Waals surface area (Å²) in [5.74, 6) is 2.51. The lowest BCUT2D eigenvalue weighted by Gasteiger charge is -2.16. The highest BCUT2D eigenvalue weighted by Gasteiger charge is 2.06. The highest BCUT2D eigenvalue weighted by atomic mass is 127. The molecule has 0 spiro atoms. The first-order valence-electron chi connectivity index (χ1n) is 6.59. The smallest absolute Gasteiger partial charge is 0.192 e. The van der Waals surface area contributed by atoms with Crippen LogP contribution < -0.4 is 10.6 Å². The number of nitrogens with one attached hydrogen (secondary N) is 2. The van der Waals surface area contributed by atoms with E-state index in [1.165, 1.54) is 0 Å². The van der Waals surface area contributed by atoms with Gasteiger partial charge in [-0.05, 0) is 20.3 Å². The van der Waals surface area contributed by atoms with Crippen LogP contribution in [0.25, 0.3) is 0 Å². The summed E-state index contributed by atoms with van der Waals surface area (Å²) in [4.78, 5) is 4.52. The molecule has 0 amide bonds. The molecule has 1 heterocycles. The molecule has 0 saturated heterocycles. The fraction of sp³-hybridized carbons (Fsp3) is 0.615. The molecule has 0 aromatic carbocycles. The first-order valence-corrected chi connectivity index (χ1v) is 6.59. The third kappa shape index (κ3) is 5.89. The summed E-state index contributed by atoms with van der Waals surface area (Å²) in [6.45, 7) is 11.1. The maximum Gasteiger partial charge on any atom is 0.192 e. The number of nitrogens with zero attached hydrogens (tertiary/aromatic N) is 4. The van der Waals surface area contributed by atoms with E-state index >= 15 is 0 Å². The van der Waals surface area contributed by atoms with Crippen molar-refractivity contribution in [3.63, 3.8) is 0 Å². The molecule has 1 rings (SSSR count). The molecule has 6 nitrogen and oxygen atoms in total. The van der Waals surface area contributed by atoms with Crippen molar-refractivity contribution in [3.8, 4) is 0 Å². The number of hydrogen-bond donors (Lipinski definition) is 2. The van der Waals surface area contributed by atoms with E-state index in [0.717, 1.165) is 24.0 Å². The average molecular weight is 392 g/mol. The molecule has 1 aromatic heterocycles. The average Bonchev–Trinajstić information content (AvgIpc) is 2.73. The van der Waals surface area contributed by atoms with Gasteiger partial charge in [-0.3, -0.25) is 0 Å². The van der Waals surface area contributed by atoms with Crippen molar-refractivity contribution in [3.05, 3.63) is 24.3 Å². The molecule has 114 valence electrons. The minimum atomic E-state index is 0. The zero-order valence-corrected chi connectivity index (χ0v) is 15.0. The van der Waals surface area contributed by atoms with Gasteiger partial charge in [0.05, 0.1) is 0 Å². The van der Waals surface area contributed by atoms with E-state index in [1.54, 1.807) is 6.08 Å². The van der Waals surface area contributed by atoms with Gasteiger partial charge in [-0.25, -0.2) is 4.99 Å². The normalized spacial score (nSPS) is 12.5. The quantitative estimate of drug-likeness (QED) is 0.335. The number of aromatic nitrogens is 3. The minimum absolute atomic E-state index is 0. The van der Waals surface area contributed by atoms with E-state index in [9.17, 15) is 0 Å². The van der Waals surface area contributed by atoms with E-state index in [4.69, 9.17) is 0 Å². The Kier molecular flexibility index (Phi) is 9.19. The number of halogens is 1. The molecule has 0 aliphatic carbocycles. The summed E-state index contributed by atoms with van der Waals surface area (Å²) < 4.78 is 1.94. The summed E-state index contributed by atoms with van der Waals surface area (Å²) in [6.07, 6.45) is 2.85. The molecule has 0 bridgehead atoms. The van der Waals surface area contributed by atoms with Gasteiger partial charge in [-0.2, -0.15) is 0 Å². The molecular formula is C13H25IN6. The second kappa shape index (κ2) is 9.73. The molecule has 0 aliphatic heterocycles. The van der Waals surface area contributed by atoms with Crippen LogP contribution in [0.3, 0.4) is 0 Å². The van der Waals surface area contributed by atoms with Crippen molar-refractivity contribution in [2.24, 2.45) is 12.0 Å². The van der Waals surface area contributed by atoms with Crippen molar-refractivity contribution in [1.82, 2.24) is 25.4 Å². The fourth-order valence-electron chi connectivity index (χ4n) is 1.40. The van der Waals surface area contributed by atoms with E-state index in [2.05, 4.69) is 46.2 Å². The predicted octanol–water partition coefficient (Wildman–Crippen LogP) is 1.76. The van der Waals surface area contributed by atoms with Gasteiger partial charge in [0.15, 0.2) is 11.8 Å². The van der Waals surface area contributed by atoms with Crippen molar-refractivity contribution in [1.29, 1.82) is 0 Å².